The van der Waals surface area contributed by atoms with Crippen molar-refractivity contribution in [3.8, 4) is 5.75 Å². The van der Waals surface area contributed by atoms with E-state index in [-0.39, 0.29) is 0 Å². The van der Waals surface area contributed by atoms with Crippen LogP contribution in [0.15, 0.2) is 18.2 Å². The second kappa shape index (κ2) is 4.00. The predicted molar refractivity (Wildman–Crippen MR) is 65.7 cm³/mol. The lowest BCUT2D eigenvalue weighted by atomic mass is 9.86. The molecular weight excluding hydrogens is 198 g/mol. The lowest BCUT2D eigenvalue weighted by molar-refractivity contribution is 0.179. The Morgan fingerprint density at radius 1 is 1.19 bits per heavy atom. The van der Waals surface area contributed by atoms with Crippen LogP contribution in [-0.2, 0) is 0 Å². The van der Waals surface area contributed by atoms with E-state index in [2.05, 4.69) is 6.07 Å². The first kappa shape index (κ1) is 10.0. The van der Waals surface area contributed by atoms with Crippen LogP contribution >= 0.6 is 0 Å². The minimum atomic E-state index is 0.708. The lowest BCUT2D eigenvalue weighted by Gasteiger charge is -2.25. The molecule has 2 N–H and O–H groups in total. The fraction of sp³-hybridized carbons (Fsp3) is 0.571. The fourth-order valence-corrected chi connectivity index (χ4v) is 2.28. The van der Waals surface area contributed by atoms with Gasteiger partial charge in [-0.2, -0.15) is 0 Å². The Morgan fingerprint density at radius 3 is 2.62 bits per heavy atom. The van der Waals surface area contributed by atoms with Crippen molar-refractivity contribution in [3.63, 3.8) is 0 Å². The van der Waals surface area contributed by atoms with Crippen LogP contribution in [0.5, 0.6) is 5.75 Å². The molecule has 0 heterocycles. The molecule has 2 saturated carbocycles. The van der Waals surface area contributed by atoms with Crippen LogP contribution in [-0.4, -0.2) is 6.61 Å². The summed E-state index contributed by atoms with van der Waals surface area (Å²) in [5, 5.41) is 0. The Bertz CT molecular complexity index is 380. The summed E-state index contributed by atoms with van der Waals surface area (Å²) in [5.74, 6) is 2.58. The summed E-state index contributed by atoms with van der Waals surface area (Å²) in [4.78, 5) is 0. The molecular formula is C14H19NO. The SMILES string of the molecule is Nc1ccc(OCC2CCC2)c(C2CC2)c1. The van der Waals surface area contributed by atoms with Crippen LogP contribution in [0.4, 0.5) is 5.69 Å². The normalized spacial score (nSPS) is 20.5. The summed E-state index contributed by atoms with van der Waals surface area (Å²) in [6, 6.07) is 6.08. The summed E-state index contributed by atoms with van der Waals surface area (Å²) in [6.45, 7) is 0.892. The third kappa shape index (κ3) is 2.01. The van der Waals surface area contributed by atoms with Crippen LogP contribution in [0.25, 0.3) is 0 Å². The van der Waals surface area contributed by atoms with E-state index in [0.29, 0.717) is 5.92 Å². The van der Waals surface area contributed by atoms with Gasteiger partial charge in [0.25, 0.3) is 0 Å². The quantitative estimate of drug-likeness (QED) is 0.785. The molecule has 3 rings (SSSR count). The Balaban J connectivity index is 1.71. The van der Waals surface area contributed by atoms with Crippen molar-refractivity contribution >= 4 is 5.69 Å². The summed E-state index contributed by atoms with van der Waals surface area (Å²) < 4.78 is 5.94. The maximum atomic E-state index is 5.94. The van der Waals surface area contributed by atoms with Crippen LogP contribution in [0.2, 0.25) is 0 Å². The third-order valence-corrected chi connectivity index (χ3v) is 3.75. The highest BCUT2D eigenvalue weighted by Gasteiger charge is 2.27. The highest BCUT2D eigenvalue weighted by atomic mass is 16.5. The molecule has 0 saturated heterocycles. The molecule has 2 aliphatic rings. The maximum absolute atomic E-state index is 5.94. The van der Waals surface area contributed by atoms with Crippen molar-refractivity contribution < 1.29 is 4.74 Å². The van der Waals surface area contributed by atoms with Crippen molar-refractivity contribution in [2.24, 2.45) is 5.92 Å². The van der Waals surface area contributed by atoms with Gasteiger partial charge in [-0.05, 0) is 61.3 Å². The molecule has 0 aliphatic heterocycles. The number of hydrogen-bond donors (Lipinski definition) is 1. The lowest BCUT2D eigenvalue weighted by Crippen LogP contribution is -2.19. The van der Waals surface area contributed by atoms with Gasteiger partial charge >= 0.3 is 0 Å². The average molecular weight is 217 g/mol. The Kier molecular flexibility index (Phi) is 2.50. The highest BCUT2D eigenvalue weighted by Crippen LogP contribution is 2.45. The standard InChI is InChI=1S/C14H19NO/c15-12-6-7-14(13(8-12)11-4-5-11)16-9-10-2-1-3-10/h6-8,10-11H,1-5,9,15H2. The van der Waals surface area contributed by atoms with E-state index in [1.807, 2.05) is 12.1 Å². The van der Waals surface area contributed by atoms with Crippen molar-refractivity contribution in [1.82, 2.24) is 0 Å². The third-order valence-electron chi connectivity index (χ3n) is 3.75. The van der Waals surface area contributed by atoms with Crippen molar-refractivity contribution in [3.05, 3.63) is 23.8 Å². The maximum Gasteiger partial charge on any atom is 0.122 e. The molecule has 0 atom stereocenters. The number of nitrogen functional groups attached to an aromatic ring is 1. The van der Waals surface area contributed by atoms with Gasteiger partial charge in [-0.1, -0.05) is 6.42 Å². The number of anilines is 1. The van der Waals surface area contributed by atoms with Gasteiger partial charge in [0.1, 0.15) is 5.75 Å². The first-order valence-corrected chi connectivity index (χ1v) is 6.35. The van der Waals surface area contributed by atoms with Gasteiger partial charge in [0.15, 0.2) is 0 Å². The molecule has 0 unspecified atom stereocenters. The van der Waals surface area contributed by atoms with Crippen molar-refractivity contribution in [1.29, 1.82) is 0 Å². The zero-order valence-corrected chi connectivity index (χ0v) is 9.61. The molecule has 2 nitrogen and oxygen atoms in total. The number of benzene rings is 1. The van der Waals surface area contributed by atoms with Gasteiger partial charge in [0.2, 0.25) is 0 Å². The topological polar surface area (TPSA) is 35.2 Å². The number of ether oxygens (including phenoxy) is 1. The zero-order valence-electron chi connectivity index (χ0n) is 9.61. The zero-order chi connectivity index (χ0) is 11.0. The van der Waals surface area contributed by atoms with E-state index in [4.69, 9.17) is 10.5 Å². The van der Waals surface area contributed by atoms with E-state index in [1.165, 1.54) is 37.7 Å². The van der Waals surface area contributed by atoms with E-state index >= 15 is 0 Å². The molecule has 0 aromatic heterocycles. The molecule has 1 aromatic rings. The average Bonchev–Trinajstić information content (AvgIpc) is 3.01. The van der Waals surface area contributed by atoms with Crippen LogP contribution < -0.4 is 10.5 Å². The monoisotopic (exact) mass is 217 g/mol. The second-order valence-corrected chi connectivity index (χ2v) is 5.18. The van der Waals surface area contributed by atoms with E-state index in [1.54, 1.807) is 0 Å². The van der Waals surface area contributed by atoms with Crippen LogP contribution in [0, 0.1) is 5.92 Å². The van der Waals surface area contributed by atoms with Gasteiger partial charge in [-0.15, -0.1) is 0 Å². The minimum absolute atomic E-state index is 0.708. The summed E-state index contributed by atoms with van der Waals surface area (Å²) in [5.41, 5.74) is 8.02. The van der Waals surface area contributed by atoms with E-state index in [0.717, 1.165) is 24.0 Å². The minimum Gasteiger partial charge on any atom is -0.493 e. The second-order valence-electron chi connectivity index (χ2n) is 5.18. The van der Waals surface area contributed by atoms with Gasteiger partial charge in [0, 0.05) is 5.69 Å². The number of rotatable bonds is 4. The van der Waals surface area contributed by atoms with E-state index in [9.17, 15) is 0 Å². The van der Waals surface area contributed by atoms with Crippen LogP contribution in [0.3, 0.4) is 0 Å². The van der Waals surface area contributed by atoms with Gasteiger partial charge in [-0.25, -0.2) is 0 Å². The Labute approximate surface area is 96.8 Å². The fourth-order valence-electron chi connectivity index (χ4n) is 2.28. The molecule has 2 fully saturated rings. The molecule has 1 aromatic carbocycles. The van der Waals surface area contributed by atoms with Crippen LogP contribution in [0.1, 0.15) is 43.6 Å². The van der Waals surface area contributed by atoms with Crippen molar-refractivity contribution in [2.45, 2.75) is 38.0 Å². The molecule has 0 bridgehead atoms. The summed E-state index contributed by atoms with van der Waals surface area (Å²) in [7, 11) is 0. The predicted octanol–water partition coefficient (Wildman–Crippen LogP) is 3.33. The molecule has 2 aliphatic carbocycles. The first-order valence-electron chi connectivity index (χ1n) is 6.35. The Hall–Kier alpha value is -1.18. The number of nitrogens with two attached hydrogens (primary N) is 1. The van der Waals surface area contributed by atoms with Gasteiger partial charge in [-0.3, -0.25) is 0 Å². The summed E-state index contributed by atoms with van der Waals surface area (Å²) in [6.07, 6.45) is 6.65. The Morgan fingerprint density at radius 2 is 2.00 bits per heavy atom. The smallest absolute Gasteiger partial charge is 0.122 e. The molecule has 0 spiro atoms. The van der Waals surface area contributed by atoms with Crippen molar-refractivity contribution in [2.75, 3.05) is 12.3 Å². The van der Waals surface area contributed by atoms with E-state index < -0.39 is 0 Å². The summed E-state index contributed by atoms with van der Waals surface area (Å²) >= 11 is 0. The highest BCUT2D eigenvalue weighted by molar-refractivity contribution is 5.50. The molecule has 16 heavy (non-hydrogen) atoms. The van der Waals surface area contributed by atoms with Gasteiger partial charge in [0.05, 0.1) is 6.61 Å². The molecule has 2 heteroatoms. The molecule has 0 radical (unpaired) electrons. The van der Waals surface area contributed by atoms with Gasteiger partial charge < -0.3 is 10.5 Å². The molecule has 86 valence electrons. The molecule has 0 amide bonds. The largest absolute Gasteiger partial charge is 0.493 e. The first-order chi connectivity index (χ1) is 7.83. The number of hydrogen-bond acceptors (Lipinski definition) is 2.